The van der Waals surface area contributed by atoms with Gasteiger partial charge in [-0.1, -0.05) is 23.7 Å². The van der Waals surface area contributed by atoms with Gasteiger partial charge in [0.2, 0.25) is 0 Å². The van der Waals surface area contributed by atoms with Gasteiger partial charge in [0.15, 0.2) is 0 Å². The minimum atomic E-state index is -0.480. The largest absolute Gasteiger partial charge is 0.269 e. The lowest BCUT2D eigenvalue weighted by molar-refractivity contribution is 0.0595. The minimum Gasteiger partial charge on any atom is -0.269 e. The second-order valence-electron chi connectivity index (χ2n) is 5.39. The summed E-state index contributed by atoms with van der Waals surface area (Å²) in [6, 6.07) is 10.2. The van der Waals surface area contributed by atoms with Crippen molar-refractivity contribution >= 4 is 45.0 Å². The van der Waals surface area contributed by atoms with Crippen LogP contribution in [0.5, 0.6) is 0 Å². The number of thiophene rings is 1. The van der Waals surface area contributed by atoms with Gasteiger partial charge in [0.05, 0.1) is 17.2 Å². The van der Waals surface area contributed by atoms with Crippen LogP contribution in [-0.2, 0) is 0 Å². The minimum absolute atomic E-state index is 0.292. The standard InChI is InChI=1S/C17H11ClN2O2S/c1-9(13-8-10-6-7-23-15(10)19-14(13)18)20-16(21)11-4-2-3-5-12(11)17(20)22/h2-9H,1H3. The second-order valence-corrected chi connectivity index (χ2v) is 6.64. The Morgan fingerprint density at radius 1 is 1.13 bits per heavy atom. The number of halogens is 1. The van der Waals surface area contributed by atoms with Crippen molar-refractivity contribution in [3.8, 4) is 0 Å². The Bertz CT molecular complexity index is 931. The fourth-order valence-electron chi connectivity index (χ4n) is 2.88. The third-order valence-electron chi connectivity index (χ3n) is 4.09. The Morgan fingerprint density at radius 2 is 1.78 bits per heavy atom. The lowest BCUT2D eigenvalue weighted by atomic mass is 10.1. The summed E-state index contributed by atoms with van der Waals surface area (Å²) in [5.74, 6) is -0.584. The zero-order valence-corrected chi connectivity index (χ0v) is 13.7. The molecule has 1 aliphatic rings. The van der Waals surface area contributed by atoms with Crippen molar-refractivity contribution < 1.29 is 9.59 Å². The van der Waals surface area contributed by atoms with E-state index in [4.69, 9.17) is 11.6 Å². The quantitative estimate of drug-likeness (QED) is 0.515. The molecule has 0 saturated carbocycles. The van der Waals surface area contributed by atoms with Crippen LogP contribution >= 0.6 is 22.9 Å². The molecule has 4 nitrogen and oxygen atoms in total. The number of benzene rings is 1. The normalized spacial score (nSPS) is 15.3. The van der Waals surface area contributed by atoms with Crippen molar-refractivity contribution in [2.75, 3.05) is 0 Å². The smallest absolute Gasteiger partial charge is 0.262 e. The van der Waals surface area contributed by atoms with Gasteiger partial charge >= 0.3 is 0 Å². The maximum Gasteiger partial charge on any atom is 0.262 e. The molecule has 0 N–H and O–H groups in total. The Kier molecular flexibility index (Phi) is 3.21. The summed E-state index contributed by atoms with van der Waals surface area (Å²) in [7, 11) is 0. The van der Waals surface area contributed by atoms with Crippen molar-refractivity contribution in [3.63, 3.8) is 0 Å². The SMILES string of the molecule is CC(c1cc2ccsc2nc1Cl)N1C(=O)c2ccccc2C1=O. The van der Waals surface area contributed by atoms with E-state index < -0.39 is 6.04 Å². The maximum absolute atomic E-state index is 12.6. The number of imide groups is 1. The molecule has 0 radical (unpaired) electrons. The third-order valence-corrected chi connectivity index (χ3v) is 5.21. The molecule has 4 rings (SSSR count). The first kappa shape index (κ1) is 14.4. The van der Waals surface area contributed by atoms with Crippen LogP contribution in [0.1, 0.15) is 39.2 Å². The average molecular weight is 343 g/mol. The third kappa shape index (κ3) is 2.08. The molecule has 3 heterocycles. The number of hydrogen-bond donors (Lipinski definition) is 0. The van der Waals surface area contributed by atoms with Crippen LogP contribution in [0.15, 0.2) is 41.8 Å². The highest BCUT2D eigenvalue weighted by Crippen LogP contribution is 2.35. The Balaban J connectivity index is 1.80. The van der Waals surface area contributed by atoms with Gasteiger partial charge in [-0.2, -0.15) is 0 Å². The number of amides is 2. The summed E-state index contributed by atoms with van der Waals surface area (Å²) < 4.78 is 0. The molecular formula is C17H11ClN2O2S. The molecule has 0 fully saturated rings. The first-order valence-corrected chi connectivity index (χ1v) is 8.34. The number of nitrogens with zero attached hydrogens (tertiary/aromatic N) is 2. The fourth-order valence-corrected chi connectivity index (χ4v) is 3.98. The zero-order chi connectivity index (χ0) is 16.1. The van der Waals surface area contributed by atoms with Gasteiger partial charge in [-0.15, -0.1) is 11.3 Å². The molecule has 0 spiro atoms. The summed E-state index contributed by atoms with van der Waals surface area (Å²) in [6.45, 7) is 1.79. The van der Waals surface area contributed by atoms with Crippen LogP contribution in [0.2, 0.25) is 5.15 Å². The molecule has 1 aromatic carbocycles. The number of carbonyl (C=O) groups excluding carboxylic acids is 2. The first-order chi connectivity index (χ1) is 11.1. The van der Waals surface area contributed by atoms with E-state index in [2.05, 4.69) is 4.98 Å². The van der Waals surface area contributed by atoms with Crippen molar-refractivity contribution in [2.24, 2.45) is 0 Å². The van der Waals surface area contributed by atoms with Gasteiger partial charge in [-0.25, -0.2) is 4.98 Å². The summed E-state index contributed by atoms with van der Waals surface area (Å²) in [5, 5.41) is 3.21. The molecule has 1 aliphatic heterocycles. The summed E-state index contributed by atoms with van der Waals surface area (Å²) in [6.07, 6.45) is 0. The molecule has 2 aromatic heterocycles. The molecule has 3 aromatic rings. The molecule has 2 amide bonds. The zero-order valence-electron chi connectivity index (χ0n) is 12.1. The molecule has 23 heavy (non-hydrogen) atoms. The van der Waals surface area contributed by atoms with Gasteiger partial charge < -0.3 is 0 Å². The Hall–Kier alpha value is -2.24. The van der Waals surface area contributed by atoms with Gasteiger partial charge in [-0.3, -0.25) is 14.5 Å². The van der Waals surface area contributed by atoms with E-state index in [9.17, 15) is 9.59 Å². The molecule has 6 heteroatoms. The van der Waals surface area contributed by atoms with E-state index in [1.165, 1.54) is 16.2 Å². The average Bonchev–Trinajstić information content (AvgIpc) is 3.09. The number of carbonyl (C=O) groups is 2. The predicted molar refractivity (Wildman–Crippen MR) is 90.0 cm³/mol. The number of aromatic nitrogens is 1. The number of fused-ring (bicyclic) bond motifs is 2. The van der Waals surface area contributed by atoms with Crippen LogP contribution in [-0.4, -0.2) is 21.7 Å². The van der Waals surface area contributed by atoms with E-state index in [-0.39, 0.29) is 11.8 Å². The van der Waals surface area contributed by atoms with E-state index in [0.29, 0.717) is 21.8 Å². The van der Waals surface area contributed by atoms with Crippen LogP contribution in [0.3, 0.4) is 0 Å². The van der Waals surface area contributed by atoms with Crippen LogP contribution in [0, 0.1) is 0 Å². The van der Waals surface area contributed by atoms with E-state index >= 15 is 0 Å². The molecule has 1 atom stereocenters. The van der Waals surface area contributed by atoms with Crippen molar-refractivity contribution in [3.05, 3.63) is 63.6 Å². The van der Waals surface area contributed by atoms with Crippen LogP contribution in [0.25, 0.3) is 10.2 Å². The molecular weight excluding hydrogens is 332 g/mol. The lowest BCUT2D eigenvalue weighted by Crippen LogP contribution is -2.32. The summed E-state index contributed by atoms with van der Waals surface area (Å²) >= 11 is 7.79. The van der Waals surface area contributed by atoms with Gasteiger partial charge in [-0.05, 0) is 36.6 Å². The van der Waals surface area contributed by atoms with E-state index in [1.807, 2.05) is 17.5 Å². The highest BCUT2D eigenvalue weighted by Gasteiger charge is 2.39. The monoisotopic (exact) mass is 342 g/mol. The molecule has 114 valence electrons. The lowest BCUT2D eigenvalue weighted by Gasteiger charge is -2.23. The molecule has 0 bridgehead atoms. The van der Waals surface area contributed by atoms with Crippen molar-refractivity contribution in [2.45, 2.75) is 13.0 Å². The van der Waals surface area contributed by atoms with Gasteiger partial charge in [0.1, 0.15) is 9.98 Å². The van der Waals surface area contributed by atoms with Gasteiger partial charge in [0, 0.05) is 10.9 Å². The number of rotatable bonds is 2. The Morgan fingerprint density at radius 3 is 2.43 bits per heavy atom. The van der Waals surface area contributed by atoms with E-state index in [1.54, 1.807) is 31.2 Å². The van der Waals surface area contributed by atoms with Crippen LogP contribution < -0.4 is 0 Å². The molecule has 1 unspecified atom stereocenters. The van der Waals surface area contributed by atoms with Crippen molar-refractivity contribution in [1.82, 2.24) is 9.88 Å². The first-order valence-electron chi connectivity index (χ1n) is 7.08. The van der Waals surface area contributed by atoms with Crippen LogP contribution in [0.4, 0.5) is 0 Å². The van der Waals surface area contributed by atoms with E-state index in [0.717, 1.165) is 10.2 Å². The summed E-state index contributed by atoms with van der Waals surface area (Å²) in [5.41, 5.74) is 1.54. The number of hydrogen-bond acceptors (Lipinski definition) is 4. The highest BCUT2D eigenvalue weighted by atomic mass is 35.5. The topological polar surface area (TPSA) is 50.3 Å². The number of pyridine rings is 1. The maximum atomic E-state index is 12.6. The Labute approximate surface area is 141 Å². The summed E-state index contributed by atoms with van der Waals surface area (Å²) in [4.78, 5) is 31.6. The van der Waals surface area contributed by atoms with Crippen molar-refractivity contribution in [1.29, 1.82) is 0 Å². The predicted octanol–water partition coefficient (Wildman–Crippen LogP) is 4.31. The molecule has 0 aliphatic carbocycles. The second kappa shape index (κ2) is 5.15. The molecule has 0 saturated heterocycles. The highest BCUT2D eigenvalue weighted by molar-refractivity contribution is 7.16. The fraction of sp³-hybridized carbons (Fsp3) is 0.118. The van der Waals surface area contributed by atoms with Gasteiger partial charge in [0.25, 0.3) is 11.8 Å².